The molecule has 3 rings (SSSR count). The lowest BCUT2D eigenvalue weighted by Gasteiger charge is -2.05. The number of rotatable bonds is 4. The van der Waals surface area contributed by atoms with Crippen molar-refractivity contribution in [3.8, 4) is 0 Å². The molecule has 0 bridgehead atoms. The van der Waals surface area contributed by atoms with Gasteiger partial charge in [0.05, 0.1) is 6.54 Å². The van der Waals surface area contributed by atoms with Crippen molar-refractivity contribution >= 4 is 28.8 Å². The van der Waals surface area contributed by atoms with E-state index in [2.05, 4.69) is 20.3 Å². The number of aryl methyl sites for hydroxylation is 1. The van der Waals surface area contributed by atoms with Crippen molar-refractivity contribution in [2.24, 2.45) is 0 Å². The third-order valence-electron chi connectivity index (χ3n) is 2.74. The molecule has 18 heavy (non-hydrogen) atoms. The number of nitrogens with one attached hydrogen (secondary N) is 1. The average molecular weight is 281 g/mol. The van der Waals surface area contributed by atoms with Crippen molar-refractivity contribution in [3.05, 3.63) is 33.1 Å². The molecule has 0 aliphatic heterocycles. The Morgan fingerprint density at radius 3 is 2.89 bits per heavy atom. The van der Waals surface area contributed by atoms with E-state index < -0.39 is 0 Å². The SMILES string of the molecule is Cc1csc(CNc2cc(Cl)nc(C3CC3)n2)n1. The first kappa shape index (κ1) is 11.9. The third-order valence-corrected chi connectivity index (χ3v) is 3.90. The third kappa shape index (κ3) is 2.79. The standard InChI is InChI=1S/C12H13ClN4S/c1-7-6-18-11(15-7)5-14-10-4-9(13)16-12(17-10)8-2-3-8/h4,6,8H,2-3,5H2,1H3,(H,14,16,17). The van der Waals surface area contributed by atoms with Crippen LogP contribution in [0.15, 0.2) is 11.4 Å². The fourth-order valence-electron chi connectivity index (χ4n) is 1.70. The van der Waals surface area contributed by atoms with Crippen LogP contribution in [0.4, 0.5) is 5.82 Å². The van der Waals surface area contributed by atoms with E-state index in [1.54, 1.807) is 17.4 Å². The van der Waals surface area contributed by atoms with Gasteiger partial charge in [-0.1, -0.05) is 11.6 Å². The summed E-state index contributed by atoms with van der Waals surface area (Å²) in [5.41, 5.74) is 1.05. The van der Waals surface area contributed by atoms with Crippen LogP contribution in [0.2, 0.25) is 5.15 Å². The summed E-state index contributed by atoms with van der Waals surface area (Å²) in [4.78, 5) is 13.1. The molecule has 0 aromatic carbocycles. The second-order valence-corrected chi connectivity index (χ2v) is 5.77. The lowest BCUT2D eigenvalue weighted by Crippen LogP contribution is -2.04. The highest BCUT2D eigenvalue weighted by Crippen LogP contribution is 2.38. The lowest BCUT2D eigenvalue weighted by atomic mass is 10.4. The van der Waals surface area contributed by atoms with Crippen LogP contribution in [-0.2, 0) is 6.54 Å². The molecule has 0 amide bonds. The van der Waals surface area contributed by atoms with Crippen molar-refractivity contribution in [1.29, 1.82) is 0 Å². The second-order valence-electron chi connectivity index (χ2n) is 4.44. The Bertz CT molecular complexity index is 565. The fraction of sp³-hybridized carbons (Fsp3) is 0.417. The van der Waals surface area contributed by atoms with Gasteiger partial charge in [-0.2, -0.15) is 0 Å². The summed E-state index contributed by atoms with van der Waals surface area (Å²) in [6, 6.07) is 1.76. The van der Waals surface area contributed by atoms with E-state index in [0.29, 0.717) is 17.6 Å². The van der Waals surface area contributed by atoms with Crippen LogP contribution in [0.3, 0.4) is 0 Å². The van der Waals surface area contributed by atoms with Crippen LogP contribution in [0.5, 0.6) is 0 Å². The quantitative estimate of drug-likeness (QED) is 0.872. The maximum atomic E-state index is 6.00. The molecule has 0 unspecified atom stereocenters. The van der Waals surface area contributed by atoms with Gasteiger partial charge in [0.15, 0.2) is 0 Å². The number of halogens is 1. The lowest BCUT2D eigenvalue weighted by molar-refractivity contribution is 0.919. The highest BCUT2D eigenvalue weighted by molar-refractivity contribution is 7.09. The zero-order chi connectivity index (χ0) is 12.5. The van der Waals surface area contributed by atoms with Crippen LogP contribution < -0.4 is 5.32 Å². The first-order valence-electron chi connectivity index (χ1n) is 5.90. The Kier molecular flexibility index (Phi) is 3.18. The smallest absolute Gasteiger partial charge is 0.135 e. The molecule has 0 atom stereocenters. The molecule has 94 valence electrons. The van der Waals surface area contributed by atoms with Crippen LogP contribution in [0, 0.1) is 6.92 Å². The summed E-state index contributed by atoms with van der Waals surface area (Å²) in [6.45, 7) is 2.67. The normalized spacial score (nSPS) is 14.8. The fourth-order valence-corrected chi connectivity index (χ4v) is 2.60. The van der Waals surface area contributed by atoms with Crippen LogP contribution in [-0.4, -0.2) is 15.0 Å². The topological polar surface area (TPSA) is 50.7 Å². The second kappa shape index (κ2) is 4.82. The molecular weight excluding hydrogens is 268 g/mol. The van der Waals surface area contributed by atoms with Gasteiger partial charge in [0.2, 0.25) is 0 Å². The van der Waals surface area contributed by atoms with Gasteiger partial charge >= 0.3 is 0 Å². The maximum absolute atomic E-state index is 6.00. The highest BCUT2D eigenvalue weighted by atomic mass is 35.5. The van der Waals surface area contributed by atoms with Crippen molar-refractivity contribution in [3.63, 3.8) is 0 Å². The summed E-state index contributed by atoms with van der Waals surface area (Å²) in [7, 11) is 0. The minimum atomic E-state index is 0.504. The minimum absolute atomic E-state index is 0.504. The van der Waals surface area contributed by atoms with Gasteiger partial charge in [0, 0.05) is 23.1 Å². The summed E-state index contributed by atoms with van der Waals surface area (Å²) in [6.07, 6.45) is 2.34. The van der Waals surface area contributed by atoms with E-state index in [1.165, 1.54) is 12.8 Å². The predicted molar refractivity (Wildman–Crippen MR) is 73.2 cm³/mol. The van der Waals surface area contributed by atoms with Gasteiger partial charge in [-0.25, -0.2) is 15.0 Å². The van der Waals surface area contributed by atoms with Gasteiger partial charge < -0.3 is 5.32 Å². The largest absolute Gasteiger partial charge is 0.363 e. The van der Waals surface area contributed by atoms with Gasteiger partial charge in [-0.05, 0) is 19.8 Å². The van der Waals surface area contributed by atoms with Crippen molar-refractivity contribution in [1.82, 2.24) is 15.0 Å². The Labute approximate surface area is 114 Å². The maximum Gasteiger partial charge on any atom is 0.135 e. The summed E-state index contributed by atoms with van der Waals surface area (Å²) >= 11 is 7.65. The molecule has 2 heterocycles. The first-order valence-corrected chi connectivity index (χ1v) is 7.16. The van der Waals surface area contributed by atoms with Crippen LogP contribution >= 0.6 is 22.9 Å². The van der Waals surface area contributed by atoms with Crippen molar-refractivity contribution < 1.29 is 0 Å². The first-order chi connectivity index (χ1) is 8.70. The number of hydrogen-bond acceptors (Lipinski definition) is 5. The molecule has 1 saturated carbocycles. The van der Waals surface area contributed by atoms with Gasteiger partial charge in [0.1, 0.15) is 21.8 Å². The average Bonchev–Trinajstić information content (AvgIpc) is 3.10. The number of thiazole rings is 1. The molecule has 0 spiro atoms. The molecule has 0 saturated heterocycles. The highest BCUT2D eigenvalue weighted by Gasteiger charge is 2.27. The zero-order valence-corrected chi connectivity index (χ0v) is 11.6. The molecule has 6 heteroatoms. The molecule has 1 aliphatic carbocycles. The Morgan fingerprint density at radius 1 is 1.39 bits per heavy atom. The van der Waals surface area contributed by atoms with Gasteiger partial charge in [-0.3, -0.25) is 0 Å². The summed E-state index contributed by atoms with van der Waals surface area (Å²) in [5, 5.41) is 6.85. The number of anilines is 1. The molecule has 1 aliphatic rings. The molecule has 1 fully saturated rings. The molecule has 4 nitrogen and oxygen atoms in total. The zero-order valence-electron chi connectivity index (χ0n) is 9.98. The molecule has 2 aromatic heterocycles. The van der Waals surface area contributed by atoms with Crippen LogP contribution in [0.1, 0.15) is 35.3 Å². The van der Waals surface area contributed by atoms with E-state index in [4.69, 9.17) is 11.6 Å². The Balaban J connectivity index is 1.71. The van der Waals surface area contributed by atoms with E-state index in [0.717, 1.165) is 22.3 Å². The van der Waals surface area contributed by atoms with Crippen LogP contribution in [0.25, 0.3) is 0 Å². The van der Waals surface area contributed by atoms with E-state index in [-0.39, 0.29) is 0 Å². The van der Waals surface area contributed by atoms with Gasteiger partial charge in [-0.15, -0.1) is 11.3 Å². The number of hydrogen-bond donors (Lipinski definition) is 1. The van der Waals surface area contributed by atoms with Crippen molar-refractivity contribution in [2.45, 2.75) is 32.2 Å². The predicted octanol–water partition coefficient (Wildman–Crippen LogP) is 3.38. The van der Waals surface area contributed by atoms with E-state index in [9.17, 15) is 0 Å². The summed E-state index contributed by atoms with van der Waals surface area (Å²) in [5.74, 6) is 2.15. The Morgan fingerprint density at radius 2 is 2.22 bits per heavy atom. The van der Waals surface area contributed by atoms with Crippen molar-refractivity contribution in [2.75, 3.05) is 5.32 Å². The Hall–Kier alpha value is -1.20. The number of aromatic nitrogens is 3. The van der Waals surface area contributed by atoms with E-state index in [1.807, 2.05) is 12.3 Å². The molecule has 1 N–H and O–H groups in total. The molecule has 0 radical (unpaired) electrons. The number of nitrogens with zero attached hydrogens (tertiary/aromatic N) is 3. The monoisotopic (exact) mass is 280 g/mol. The van der Waals surface area contributed by atoms with E-state index >= 15 is 0 Å². The molecule has 2 aromatic rings. The molecular formula is C12H13ClN4S. The minimum Gasteiger partial charge on any atom is -0.363 e. The summed E-state index contributed by atoms with van der Waals surface area (Å²) < 4.78 is 0. The van der Waals surface area contributed by atoms with Gasteiger partial charge in [0.25, 0.3) is 0 Å².